The Morgan fingerprint density at radius 1 is 1.12 bits per heavy atom. The average molecular weight is 353 g/mol. The lowest BCUT2D eigenvalue weighted by Crippen LogP contribution is -2.25. The maximum atomic E-state index is 13.1. The van der Waals surface area contributed by atoms with E-state index in [2.05, 4.69) is 4.98 Å². The molecule has 0 saturated heterocycles. The van der Waals surface area contributed by atoms with Crippen molar-refractivity contribution < 1.29 is 14.3 Å². The molecule has 0 bridgehead atoms. The van der Waals surface area contributed by atoms with Crippen molar-refractivity contribution in [3.63, 3.8) is 0 Å². The largest absolute Gasteiger partial charge is 0.497 e. The summed E-state index contributed by atoms with van der Waals surface area (Å²) in [5.41, 5.74) is 0.941. The molecule has 0 radical (unpaired) electrons. The minimum absolute atomic E-state index is 0.247. The van der Waals surface area contributed by atoms with Crippen molar-refractivity contribution in [3.8, 4) is 17.2 Å². The lowest BCUT2D eigenvalue weighted by molar-refractivity contribution is 0.172. The summed E-state index contributed by atoms with van der Waals surface area (Å²) in [6.45, 7) is 1.76. The quantitative estimate of drug-likeness (QED) is 0.724. The smallest absolute Gasteiger partial charge is 0.414 e. The summed E-state index contributed by atoms with van der Waals surface area (Å²) in [4.78, 5) is 30.6. The van der Waals surface area contributed by atoms with Gasteiger partial charge in [0.05, 0.1) is 23.7 Å². The summed E-state index contributed by atoms with van der Waals surface area (Å²) in [6.07, 6.45) is -0.516. The molecule has 0 saturated carbocycles. The Morgan fingerprint density at radius 3 is 2.58 bits per heavy atom. The summed E-state index contributed by atoms with van der Waals surface area (Å²) in [7, 11) is 4.74. The van der Waals surface area contributed by atoms with Gasteiger partial charge in [-0.15, -0.1) is 0 Å². The van der Waals surface area contributed by atoms with Crippen molar-refractivity contribution in [1.82, 2.24) is 14.5 Å². The topological polar surface area (TPSA) is 73.7 Å². The van der Waals surface area contributed by atoms with Crippen LogP contribution in [0.5, 0.6) is 11.5 Å². The van der Waals surface area contributed by atoms with Crippen LogP contribution in [0.25, 0.3) is 16.6 Å². The van der Waals surface area contributed by atoms with Gasteiger partial charge in [-0.05, 0) is 37.3 Å². The van der Waals surface area contributed by atoms with Gasteiger partial charge in [-0.1, -0.05) is 6.07 Å². The Labute approximate surface area is 150 Å². The second-order valence-electron chi connectivity index (χ2n) is 5.94. The number of hydrogen-bond donors (Lipinski definition) is 0. The molecule has 0 fully saturated rings. The minimum atomic E-state index is -0.516. The van der Waals surface area contributed by atoms with Crippen molar-refractivity contribution in [3.05, 3.63) is 58.6 Å². The molecule has 0 N–H and O–H groups in total. The van der Waals surface area contributed by atoms with Crippen LogP contribution >= 0.6 is 0 Å². The predicted octanol–water partition coefficient (Wildman–Crippen LogP) is 2.76. The molecular weight excluding hydrogens is 334 g/mol. The number of amides is 1. The van der Waals surface area contributed by atoms with Crippen LogP contribution < -0.4 is 15.0 Å². The second kappa shape index (κ2) is 6.87. The van der Waals surface area contributed by atoms with Crippen LogP contribution in [0.4, 0.5) is 4.79 Å². The molecule has 7 nitrogen and oxygen atoms in total. The highest BCUT2D eigenvalue weighted by Gasteiger charge is 2.13. The third-order valence-electron chi connectivity index (χ3n) is 3.89. The molecule has 26 heavy (non-hydrogen) atoms. The average Bonchev–Trinajstić information content (AvgIpc) is 2.62. The Hall–Kier alpha value is -3.35. The van der Waals surface area contributed by atoms with Gasteiger partial charge in [-0.2, -0.15) is 0 Å². The SMILES string of the molecule is COc1cccc(-n2c(C)nc3ccc(OC(=O)N(C)C)cc3c2=O)c1. The number of methoxy groups -OCH3 is 1. The van der Waals surface area contributed by atoms with Crippen molar-refractivity contribution in [2.45, 2.75) is 6.92 Å². The van der Waals surface area contributed by atoms with E-state index in [4.69, 9.17) is 9.47 Å². The molecular formula is C19H19N3O4. The number of hydrogen-bond acceptors (Lipinski definition) is 5. The Kier molecular flexibility index (Phi) is 4.62. The fraction of sp³-hybridized carbons (Fsp3) is 0.211. The van der Waals surface area contributed by atoms with Crippen LogP contribution in [0.15, 0.2) is 47.3 Å². The van der Waals surface area contributed by atoms with Gasteiger partial charge in [-0.3, -0.25) is 9.36 Å². The number of benzene rings is 2. The van der Waals surface area contributed by atoms with E-state index < -0.39 is 6.09 Å². The zero-order chi connectivity index (χ0) is 18.8. The maximum absolute atomic E-state index is 13.1. The van der Waals surface area contributed by atoms with Gasteiger partial charge < -0.3 is 14.4 Å². The van der Waals surface area contributed by atoms with E-state index in [1.807, 2.05) is 0 Å². The summed E-state index contributed by atoms with van der Waals surface area (Å²) in [6, 6.07) is 12.0. The number of rotatable bonds is 3. The first-order valence-corrected chi connectivity index (χ1v) is 7.97. The lowest BCUT2D eigenvalue weighted by Gasteiger charge is -2.13. The van der Waals surface area contributed by atoms with E-state index in [-0.39, 0.29) is 11.3 Å². The van der Waals surface area contributed by atoms with E-state index in [0.29, 0.717) is 28.2 Å². The number of nitrogens with zero attached hydrogens (tertiary/aromatic N) is 3. The highest BCUT2D eigenvalue weighted by Crippen LogP contribution is 2.21. The number of fused-ring (bicyclic) bond motifs is 1. The van der Waals surface area contributed by atoms with Crippen LogP contribution in [0.3, 0.4) is 0 Å². The van der Waals surface area contributed by atoms with Crippen LogP contribution in [-0.4, -0.2) is 41.7 Å². The van der Waals surface area contributed by atoms with Crippen LogP contribution in [-0.2, 0) is 0 Å². The highest BCUT2D eigenvalue weighted by molar-refractivity contribution is 5.81. The van der Waals surface area contributed by atoms with E-state index in [0.717, 1.165) is 0 Å². The molecule has 0 atom stereocenters. The highest BCUT2D eigenvalue weighted by atomic mass is 16.6. The molecule has 7 heteroatoms. The van der Waals surface area contributed by atoms with Gasteiger partial charge in [0, 0.05) is 20.2 Å². The summed E-state index contributed by atoms with van der Waals surface area (Å²) in [5, 5.41) is 0.363. The van der Waals surface area contributed by atoms with E-state index in [9.17, 15) is 9.59 Å². The molecule has 3 aromatic rings. The molecule has 1 heterocycles. The summed E-state index contributed by atoms with van der Waals surface area (Å²) >= 11 is 0. The van der Waals surface area contributed by atoms with Crippen molar-refractivity contribution in [2.75, 3.05) is 21.2 Å². The molecule has 0 spiro atoms. The lowest BCUT2D eigenvalue weighted by atomic mass is 10.2. The summed E-state index contributed by atoms with van der Waals surface area (Å²) < 4.78 is 12.0. The number of carbonyl (C=O) groups is 1. The molecule has 1 amide bonds. The monoisotopic (exact) mass is 353 g/mol. The molecule has 0 aliphatic rings. The fourth-order valence-corrected chi connectivity index (χ4v) is 2.58. The van der Waals surface area contributed by atoms with Gasteiger partial charge in [0.1, 0.15) is 17.3 Å². The first-order valence-electron chi connectivity index (χ1n) is 7.97. The molecule has 1 aromatic heterocycles. The molecule has 0 aliphatic heterocycles. The van der Waals surface area contributed by atoms with Gasteiger partial charge >= 0.3 is 6.09 Å². The second-order valence-corrected chi connectivity index (χ2v) is 5.94. The van der Waals surface area contributed by atoms with Crippen molar-refractivity contribution in [1.29, 1.82) is 0 Å². The zero-order valence-electron chi connectivity index (χ0n) is 15.0. The maximum Gasteiger partial charge on any atom is 0.414 e. The third-order valence-corrected chi connectivity index (χ3v) is 3.89. The number of carbonyl (C=O) groups excluding carboxylic acids is 1. The van der Waals surface area contributed by atoms with Crippen LogP contribution in [0.2, 0.25) is 0 Å². The number of ether oxygens (including phenoxy) is 2. The normalized spacial score (nSPS) is 10.6. The number of aryl methyl sites for hydroxylation is 1. The van der Waals surface area contributed by atoms with Gasteiger partial charge in [0.25, 0.3) is 5.56 Å². The molecule has 2 aromatic carbocycles. The Balaban J connectivity index is 2.15. The van der Waals surface area contributed by atoms with Gasteiger partial charge in [-0.25, -0.2) is 9.78 Å². The minimum Gasteiger partial charge on any atom is -0.497 e. The van der Waals surface area contributed by atoms with E-state index in [1.54, 1.807) is 64.5 Å². The molecule has 0 aliphatic carbocycles. The molecule has 0 unspecified atom stereocenters. The molecule has 3 rings (SSSR count). The Morgan fingerprint density at radius 2 is 1.88 bits per heavy atom. The van der Waals surface area contributed by atoms with Gasteiger partial charge in [0.2, 0.25) is 0 Å². The molecule has 134 valence electrons. The van der Waals surface area contributed by atoms with E-state index in [1.165, 1.54) is 15.5 Å². The third kappa shape index (κ3) is 3.23. The van der Waals surface area contributed by atoms with Gasteiger partial charge in [0.15, 0.2) is 0 Å². The van der Waals surface area contributed by atoms with Crippen molar-refractivity contribution in [2.24, 2.45) is 0 Å². The van der Waals surface area contributed by atoms with Crippen molar-refractivity contribution >= 4 is 17.0 Å². The number of aromatic nitrogens is 2. The van der Waals surface area contributed by atoms with Crippen LogP contribution in [0, 0.1) is 6.92 Å². The predicted molar refractivity (Wildman–Crippen MR) is 98.3 cm³/mol. The summed E-state index contributed by atoms with van der Waals surface area (Å²) in [5.74, 6) is 1.48. The van der Waals surface area contributed by atoms with E-state index >= 15 is 0 Å². The van der Waals surface area contributed by atoms with Crippen LogP contribution in [0.1, 0.15) is 5.82 Å². The fourth-order valence-electron chi connectivity index (χ4n) is 2.58. The standard InChI is InChI=1S/C19H19N3O4/c1-12-20-17-9-8-15(26-19(24)21(2)3)11-16(17)18(23)22(12)13-6-5-7-14(10-13)25-4/h5-11H,1-4H3. The zero-order valence-corrected chi connectivity index (χ0v) is 15.0. The first-order chi connectivity index (χ1) is 12.4. The Bertz CT molecular complexity index is 1040. The first kappa shape index (κ1) is 17.5.